The van der Waals surface area contributed by atoms with E-state index in [-0.39, 0.29) is 57.1 Å². The zero-order chi connectivity index (χ0) is 8.69. The molecule has 0 saturated heterocycles. The van der Waals surface area contributed by atoms with Crippen molar-refractivity contribution in [2.75, 3.05) is 0 Å². The van der Waals surface area contributed by atoms with Gasteiger partial charge in [-0.3, -0.25) is 0 Å². The third-order valence-electron chi connectivity index (χ3n) is 1.36. The van der Waals surface area contributed by atoms with Crippen LogP contribution in [0.4, 0.5) is 0 Å². The molecule has 0 aromatic rings. The molecule has 0 atom stereocenters. The van der Waals surface area contributed by atoms with Crippen molar-refractivity contribution in [3.63, 3.8) is 0 Å². The molecular formula is C10H14KN. The van der Waals surface area contributed by atoms with Gasteiger partial charge in [0.05, 0.1) is 0 Å². The summed E-state index contributed by atoms with van der Waals surface area (Å²) in [6.45, 7) is 9.13. The third-order valence-corrected chi connectivity index (χ3v) is 1.36. The van der Waals surface area contributed by atoms with Crippen LogP contribution in [0.3, 0.4) is 0 Å². The van der Waals surface area contributed by atoms with Crippen molar-refractivity contribution in [3.8, 4) is 0 Å². The standard InChI is InChI=1S/C10H14N.K/c1-4-7-8-9(5-2)10(11)6-3;/h5-6,8H,2-4,7H2,1H3;/q-1;+1/b9-8-;. The number of rotatable bonds is 5. The number of hydrogen-bond donors (Lipinski definition) is 0. The van der Waals surface area contributed by atoms with E-state index < -0.39 is 0 Å². The van der Waals surface area contributed by atoms with Crippen LogP contribution in [0.5, 0.6) is 0 Å². The molecule has 0 amide bonds. The molecule has 60 valence electrons. The van der Waals surface area contributed by atoms with Crippen LogP contribution in [0.2, 0.25) is 0 Å². The molecule has 2 heteroatoms. The van der Waals surface area contributed by atoms with Crippen LogP contribution in [0.25, 0.3) is 5.41 Å². The van der Waals surface area contributed by atoms with Crippen molar-refractivity contribution in [2.24, 2.45) is 0 Å². The Morgan fingerprint density at radius 1 is 1.33 bits per heavy atom. The number of unbranched alkanes of at least 4 members (excludes halogenated alkanes) is 1. The second-order valence-electron chi connectivity index (χ2n) is 2.24. The summed E-state index contributed by atoms with van der Waals surface area (Å²) in [5, 5.41) is 9.20. The zero-order valence-electron chi connectivity index (χ0n) is 8.01. The predicted molar refractivity (Wildman–Crippen MR) is 51.8 cm³/mol. The van der Waals surface area contributed by atoms with Gasteiger partial charge < -0.3 is 5.41 Å². The van der Waals surface area contributed by atoms with Crippen LogP contribution in [0.15, 0.2) is 37.0 Å². The minimum atomic E-state index is 0. The van der Waals surface area contributed by atoms with Gasteiger partial charge in [-0.25, -0.2) is 0 Å². The summed E-state index contributed by atoms with van der Waals surface area (Å²) in [4.78, 5) is 0. The van der Waals surface area contributed by atoms with Crippen LogP contribution in [-0.4, -0.2) is 5.71 Å². The van der Waals surface area contributed by atoms with Crippen LogP contribution in [-0.2, 0) is 0 Å². The number of hydrogen-bond acceptors (Lipinski definition) is 0. The first-order valence-corrected chi connectivity index (χ1v) is 3.77. The van der Waals surface area contributed by atoms with Gasteiger partial charge in [0.15, 0.2) is 0 Å². The van der Waals surface area contributed by atoms with E-state index in [1.807, 2.05) is 6.08 Å². The molecule has 0 spiro atoms. The molecule has 1 nitrogen and oxygen atoms in total. The average Bonchev–Trinajstić information content (AvgIpc) is 2.05. The number of allylic oxidation sites excluding steroid dienone is 4. The van der Waals surface area contributed by atoms with Crippen molar-refractivity contribution >= 4 is 5.71 Å². The van der Waals surface area contributed by atoms with Gasteiger partial charge in [0.25, 0.3) is 0 Å². The molecule has 0 aliphatic rings. The smallest absolute Gasteiger partial charge is 0.803 e. The Labute approximate surface area is 118 Å². The van der Waals surface area contributed by atoms with E-state index in [0.29, 0.717) is 0 Å². The Morgan fingerprint density at radius 3 is 2.25 bits per heavy atom. The molecule has 0 unspecified atom stereocenters. The first kappa shape index (κ1) is 15.0. The van der Waals surface area contributed by atoms with E-state index in [9.17, 15) is 5.41 Å². The van der Waals surface area contributed by atoms with Gasteiger partial charge in [0.1, 0.15) is 0 Å². The summed E-state index contributed by atoms with van der Waals surface area (Å²) in [5.74, 6) is 0. The molecule has 0 heterocycles. The largest absolute Gasteiger partial charge is 1.00 e. The van der Waals surface area contributed by atoms with E-state index in [2.05, 4.69) is 20.1 Å². The minimum Gasteiger partial charge on any atom is -0.803 e. The van der Waals surface area contributed by atoms with E-state index in [1.165, 1.54) is 6.08 Å². The summed E-state index contributed by atoms with van der Waals surface area (Å²) >= 11 is 0. The van der Waals surface area contributed by atoms with Crippen molar-refractivity contribution in [1.82, 2.24) is 0 Å². The predicted octanol–water partition coefficient (Wildman–Crippen LogP) is 0.0993. The van der Waals surface area contributed by atoms with Gasteiger partial charge in [-0.15, -0.1) is 6.58 Å². The molecule has 0 radical (unpaired) electrons. The number of nitrogens with zero attached hydrogens (tertiary/aromatic N) is 1. The fourth-order valence-electron chi connectivity index (χ4n) is 0.710. The zero-order valence-corrected chi connectivity index (χ0v) is 11.1. The Bertz CT molecular complexity index is 192. The van der Waals surface area contributed by atoms with Crippen molar-refractivity contribution in [3.05, 3.63) is 42.4 Å². The molecule has 0 rings (SSSR count). The van der Waals surface area contributed by atoms with Crippen molar-refractivity contribution in [1.29, 1.82) is 0 Å². The second-order valence-corrected chi connectivity index (χ2v) is 2.24. The normalized spacial score (nSPS) is 9.92. The van der Waals surface area contributed by atoms with Crippen LogP contribution < -0.4 is 51.4 Å². The van der Waals surface area contributed by atoms with Crippen LogP contribution >= 0.6 is 0 Å². The molecule has 0 saturated carbocycles. The molecule has 0 aromatic carbocycles. The monoisotopic (exact) mass is 187 g/mol. The van der Waals surface area contributed by atoms with Crippen molar-refractivity contribution in [2.45, 2.75) is 19.8 Å². The van der Waals surface area contributed by atoms with E-state index in [0.717, 1.165) is 18.4 Å². The molecule has 0 aliphatic heterocycles. The Kier molecular flexibility index (Phi) is 12.0. The molecule has 0 bridgehead atoms. The molecule has 12 heavy (non-hydrogen) atoms. The summed E-state index contributed by atoms with van der Waals surface area (Å²) in [6.07, 6.45) is 7.03. The quantitative estimate of drug-likeness (QED) is 0.331. The van der Waals surface area contributed by atoms with E-state index >= 15 is 0 Å². The summed E-state index contributed by atoms with van der Waals surface area (Å²) in [7, 11) is 0. The maximum atomic E-state index is 9.20. The Hall–Kier alpha value is 0.526. The summed E-state index contributed by atoms with van der Waals surface area (Å²) < 4.78 is 0. The van der Waals surface area contributed by atoms with Gasteiger partial charge in [0, 0.05) is 0 Å². The van der Waals surface area contributed by atoms with Gasteiger partial charge in [0.2, 0.25) is 0 Å². The second kappa shape index (κ2) is 9.61. The molecular weight excluding hydrogens is 173 g/mol. The maximum Gasteiger partial charge on any atom is 1.00 e. The van der Waals surface area contributed by atoms with Gasteiger partial charge in [-0.05, 0) is 12.0 Å². The van der Waals surface area contributed by atoms with Gasteiger partial charge >= 0.3 is 51.4 Å². The molecule has 0 N–H and O–H groups in total. The van der Waals surface area contributed by atoms with Gasteiger partial charge in [-0.1, -0.05) is 38.2 Å². The third kappa shape index (κ3) is 6.09. The average molecular weight is 187 g/mol. The minimum absolute atomic E-state index is 0. The first-order valence-electron chi connectivity index (χ1n) is 3.77. The maximum absolute atomic E-state index is 9.20. The summed E-state index contributed by atoms with van der Waals surface area (Å²) in [5.41, 5.74) is 0.968. The van der Waals surface area contributed by atoms with E-state index in [1.54, 1.807) is 6.08 Å². The fraction of sp³-hybridized carbons (Fsp3) is 0.300. The SMILES string of the molecule is C=CC(=[N-])/C(C=C)=C\CCC.[K+]. The summed E-state index contributed by atoms with van der Waals surface area (Å²) in [6, 6.07) is 0. The van der Waals surface area contributed by atoms with E-state index in [4.69, 9.17) is 0 Å². The molecule has 0 fully saturated rings. The van der Waals surface area contributed by atoms with Gasteiger partial charge in [-0.2, -0.15) is 5.71 Å². The molecule has 0 aromatic heterocycles. The van der Waals surface area contributed by atoms with Crippen molar-refractivity contribution < 1.29 is 51.4 Å². The fourth-order valence-corrected chi connectivity index (χ4v) is 0.710. The Morgan fingerprint density at radius 2 is 1.92 bits per heavy atom. The first-order chi connectivity index (χ1) is 5.26. The van der Waals surface area contributed by atoms with Crippen LogP contribution in [0.1, 0.15) is 19.8 Å². The topological polar surface area (TPSA) is 22.3 Å². The Balaban J connectivity index is 0. The molecule has 0 aliphatic carbocycles. The van der Waals surface area contributed by atoms with Crippen LogP contribution in [0, 0.1) is 0 Å².